The second-order valence-electron chi connectivity index (χ2n) is 1.85. The molecule has 0 radical (unpaired) electrons. The molecule has 11 heavy (non-hydrogen) atoms. The van der Waals surface area contributed by atoms with Crippen molar-refractivity contribution in [3.63, 3.8) is 0 Å². The summed E-state index contributed by atoms with van der Waals surface area (Å²) in [5.74, 6) is -0.144. The van der Waals surface area contributed by atoms with Gasteiger partial charge in [-0.3, -0.25) is 0 Å². The number of hydrogen-bond acceptors (Lipinski definition) is 2. The smallest absolute Gasteiger partial charge is 0.280 e. The minimum absolute atomic E-state index is 0.0373. The van der Waals surface area contributed by atoms with Crippen LogP contribution in [0.25, 0.3) is 0 Å². The van der Waals surface area contributed by atoms with Gasteiger partial charge in [-0.1, -0.05) is 0 Å². The van der Waals surface area contributed by atoms with E-state index < -0.39 is 6.43 Å². The van der Waals surface area contributed by atoms with Crippen LogP contribution in [0.4, 0.5) is 8.78 Å². The Kier molecular flexibility index (Phi) is 2.38. The maximum absolute atomic E-state index is 11.9. The minimum Gasteiger partial charge on any atom is -0.505 e. The number of aromatic nitrogens is 1. The van der Waals surface area contributed by atoms with Crippen LogP contribution in [0.3, 0.4) is 0 Å². The van der Waals surface area contributed by atoms with Crippen molar-refractivity contribution in [2.75, 3.05) is 0 Å². The van der Waals surface area contributed by atoms with Crippen molar-refractivity contribution in [3.05, 3.63) is 22.4 Å². The number of rotatable bonds is 1. The molecule has 0 aromatic carbocycles. The fraction of sp³-hybridized carbons (Fsp3) is 0.167. The Balaban J connectivity index is 3.05. The Morgan fingerprint density at radius 2 is 2.09 bits per heavy atom. The molecule has 0 aliphatic rings. The van der Waals surface area contributed by atoms with Gasteiger partial charge in [0, 0.05) is 0 Å². The van der Waals surface area contributed by atoms with Gasteiger partial charge in [-0.25, -0.2) is 13.8 Å². The third-order valence-electron chi connectivity index (χ3n) is 1.07. The van der Waals surface area contributed by atoms with Crippen molar-refractivity contribution in [2.24, 2.45) is 0 Å². The highest BCUT2D eigenvalue weighted by Crippen LogP contribution is 2.24. The van der Waals surface area contributed by atoms with Crippen LogP contribution in [-0.4, -0.2) is 10.1 Å². The first-order valence-electron chi connectivity index (χ1n) is 2.75. The lowest BCUT2D eigenvalue weighted by Gasteiger charge is -1.99. The summed E-state index contributed by atoms with van der Waals surface area (Å²) in [5.41, 5.74) is -0.352. The zero-order chi connectivity index (χ0) is 8.43. The summed E-state index contributed by atoms with van der Waals surface area (Å²) in [6.45, 7) is 0. The SMILES string of the molecule is Oc1ccc(C(F)F)nc1Br. The lowest BCUT2D eigenvalue weighted by molar-refractivity contribution is 0.145. The quantitative estimate of drug-likeness (QED) is 0.743. The first kappa shape index (κ1) is 8.39. The summed E-state index contributed by atoms with van der Waals surface area (Å²) in [6.07, 6.45) is -2.60. The molecule has 5 heteroatoms. The van der Waals surface area contributed by atoms with E-state index in [1.807, 2.05) is 0 Å². The summed E-state index contributed by atoms with van der Waals surface area (Å²) in [6, 6.07) is 2.24. The Bertz CT molecular complexity index is 267. The molecule has 0 aliphatic heterocycles. The normalized spacial score (nSPS) is 10.5. The van der Waals surface area contributed by atoms with Crippen LogP contribution in [-0.2, 0) is 0 Å². The number of nitrogens with zero attached hydrogens (tertiary/aromatic N) is 1. The molecule has 60 valence electrons. The molecule has 0 amide bonds. The maximum atomic E-state index is 11.9. The summed E-state index contributed by atoms with van der Waals surface area (Å²) in [7, 11) is 0. The van der Waals surface area contributed by atoms with E-state index in [4.69, 9.17) is 5.11 Å². The molecule has 0 aliphatic carbocycles. The van der Waals surface area contributed by atoms with E-state index in [1.165, 1.54) is 6.07 Å². The summed E-state index contributed by atoms with van der Waals surface area (Å²) in [4.78, 5) is 3.39. The predicted octanol–water partition coefficient (Wildman–Crippen LogP) is 2.49. The molecule has 1 rings (SSSR count). The van der Waals surface area contributed by atoms with Gasteiger partial charge in [0.1, 0.15) is 16.0 Å². The van der Waals surface area contributed by atoms with Gasteiger partial charge in [-0.05, 0) is 28.1 Å². The molecule has 0 unspecified atom stereocenters. The maximum Gasteiger partial charge on any atom is 0.280 e. The molecular weight excluding hydrogens is 220 g/mol. The second kappa shape index (κ2) is 3.13. The zero-order valence-corrected chi connectivity index (χ0v) is 6.85. The van der Waals surface area contributed by atoms with Crippen molar-refractivity contribution in [1.82, 2.24) is 4.98 Å². The zero-order valence-electron chi connectivity index (χ0n) is 5.26. The third kappa shape index (κ3) is 1.86. The van der Waals surface area contributed by atoms with E-state index in [2.05, 4.69) is 20.9 Å². The lowest BCUT2D eigenvalue weighted by Crippen LogP contribution is -1.89. The van der Waals surface area contributed by atoms with Crippen LogP contribution >= 0.6 is 15.9 Å². The van der Waals surface area contributed by atoms with Crippen LogP contribution in [0.1, 0.15) is 12.1 Å². The number of aromatic hydroxyl groups is 1. The van der Waals surface area contributed by atoms with E-state index in [1.54, 1.807) is 0 Å². The molecule has 0 spiro atoms. The molecule has 0 saturated carbocycles. The summed E-state index contributed by atoms with van der Waals surface area (Å²) in [5, 5.41) is 8.87. The van der Waals surface area contributed by atoms with Crippen molar-refractivity contribution in [2.45, 2.75) is 6.43 Å². The van der Waals surface area contributed by atoms with Crippen molar-refractivity contribution in [1.29, 1.82) is 0 Å². The van der Waals surface area contributed by atoms with Crippen molar-refractivity contribution >= 4 is 15.9 Å². The molecule has 0 bridgehead atoms. The highest BCUT2D eigenvalue weighted by atomic mass is 79.9. The summed E-state index contributed by atoms with van der Waals surface area (Å²) >= 11 is 2.82. The van der Waals surface area contributed by atoms with Gasteiger partial charge < -0.3 is 5.11 Å². The van der Waals surface area contributed by atoms with Crippen LogP contribution in [0.15, 0.2) is 16.7 Å². The average molecular weight is 224 g/mol. The molecule has 1 N–H and O–H groups in total. The predicted molar refractivity (Wildman–Crippen MR) is 38.6 cm³/mol. The third-order valence-corrected chi connectivity index (χ3v) is 1.66. The first-order chi connectivity index (χ1) is 5.11. The molecule has 1 heterocycles. The van der Waals surface area contributed by atoms with Gasteiger partial charge in [-0.15, -0.1) is 0 Å². The monoisotopic (exact) mass is 223 g/mol. The number of hydrogen-bond donors (Lipinski definition) is 1. The van der Waals surface area contributed by atoms with Crippen LogP contribution < -0.4 is 0 Å². The van der Waals surface area contributed by atoms with E-state index >= 15 is 0 Å². The molecule has 0 atom stereocenters. The fourth-order valence-corrected chi connectivity index (χ4v) is 0.899. The van der Waals surface area contributed by atoms with Gasteiger partial charge in [0.15, 0.2) is 0 Å². The molecule has 0 saturated heterocycles. The first-order valence-corrected chi connectivity index (χ1v) is 3.54. The van der Waals surface area contributed by atoms with Crippen molar-refractivity contribution in [3.8, 4) is 5.75 Å². The average Bonchev–Trinajstić information content (AvgIpc) is 1.94. The molecule has 1 aromatic rings. The lowest BCUT2D eigenvalue weighted by atomic mass is 10.3. The van der Waals surface area contributed by atoms with Crippen LogP contribution in [0.2, 0.25) is 0 Å². The van der Waals surface area contributed by atoms with E-state index in [9.17, 15) is 8.78 Å². The fourth-order valence-electron chi connectivity index (χ4n) is 0.563. The number of alkyl halides is 2. The van der Waals surface area contributed by atoms with E-state index in [0.717, 1.165) is 6.07 Å². The van der Waals surface area contributed by atoms with Gasteiger partial charge >= 0.3 is 0 Å². The highest BCUT2D eigenvalue weighted by Gasteiger charge is 2.10. The second-order valence-corrected chi connectivity index (χ2v) is 2.60. The van der Waals surface area contributed by atoms with Gasteiger partial charge in [0.2, 0.25) is 0 Å². The number of halogens is 3. The highest BCUT2D eigenvalue weighted by molar-refractivity contribution is 9.10. The van der Waals surface area contributed by atoms with Gasteiger partial charge in [0.05, 0.1) is 0 Å². The molecular formula is C6H4BrF2NO. The Morgan fingerprint density at radius 3 is 2.55 bits per heavy atom. The summed E-state index contributed by atoms with van der Waals surface area (Å²) < 4.78 is 23.9. The van der Waals surface area contributed by atoms with Crippen molar-refractivity contribution < 1.29 is 13.9 Å². The van der Waals surface area contributed by atoms with Crippen LogP contribution in [0.5, 0.6) is 5.75 Å². The Hall–Kier alpha value is -0.710. The standard InChI is InChI=1S/C6H4BrF2NO/c7-5-4(11)2-1-3(10-5)6(8)9/h1-2,6,11H. The number of pyridine rings is 1. The van der Waals surface area contributed by atoms with Gasteiger partial charge in [0.25, 0.3) is 6.43 Å². The molecule has 0 fully saturated rings. The van der Waals surface area contributed by atoms with Gasteiger partial charge in [-0.2, -0.15) is 0 Å². The molecule has 1 aromatic heterocycles. The minimum atomic E-state index is -2.60. The van der Waals surface area contributed by atoms with E-state index in [-0.39, 0.29) is 16.0 Å². The largest absolute Gasteiger partial charge is 0.505 e. The van der Waals surface area contributed by atoms with E-state index in [0.29, 0.717) is 0 Å². The Morgan fingerprint density at radius 1 is 1.45 bits per heavy atom. The topological polar surface area (TPSA) is 33.1 Å². The van der Waals surface area contributed by atoms with Crippen LogP contribution in [0, 0.1) is 0 Å². The molecule has 2 nitrogen and oxygen atoms in total. The Labute approximate surface area is 70.0 Å².